The number of rotatable bonds is 5. The first-order chi connectivity index (χ1) is 13.6. The predicted molar refractivity (Wildman–Crippen MR) is 112 cm³/mol. The molecule has 1 N–H and O–H groups in total. The molecular weight excluding hydrogens is 436 g/mol. The van der Waals surface area contributed by atoms with Gasteiger partial charge in [-0.05, 0) is 49.6 Å². The lowest BCUT2D eigenvalue weighted by molar-refractivity contribution is 0.0725. The van der Waals surface area contributed by atoms with E-state index in [1.54, 1.807) is 4.90 Å². The van der Waals surface area contributed by atoms with Gasteiger partial charge in [-0.2, -0.15) is 0 Å². The number of sulfone groups is 1. The Balaban J connectivity index is 2.02. The molecule has 29 heavy (non-hydrogen) atoms. The van der Waals surface area contributed by atoms with Gasteiger partial charge in [0.1, 0.15) is 4.90 Å². The Labute approximate surface area is 175 Å². The molecule has 0 saturated carbocycles. The zero-order chi connectivity index (χ0) is 21.2. The van der Waals surface area contributed by atoms with Crippen LogP contribution in [-0.4, -0.2) is 47.0 Å². The summed E-state index contributed by atoms with van der Waals surface area (Å²) < 4.78 is 52.4. The van der Waals surface area contributed by atoms with Gasteiger partial charge in [0.25, 0.3) is 15.9 Å². The van der Waals surface area contributed by atoms with E-state index >= 15 is 0 Å². The maximum Gasteiger partial charge on any atom is 0.263 e. The number of amides is 1. The number of hydrogen-bond acceptors (Lipinski definition) is 5. The Morgan fingerprint density at radius 1 is 0.966 bits per heavy atom. The molecule has 1 saturated heterocycles. The van der Waals surface area contributed by atoms with Crippen molar-refractivity contribution in [3.8, 4) is 0 Å². The second-order valence-electron chi connectivity index (χ2n) is 6.87. The SMILES string of the molecule is CS(=O)(=O)c1ccccc1S(=O)(=O)Nc1cc(Cl)ccc1C(=O)N1CCCCC1. The van der Waals surface area contributed by atoms with Crippen molar-refractivity contribution < 1.29 is 21.6 Å². The van der Waals surface area contributed by atoms with Crippen LogP contribution in [0.15, 0.2) is 52.3 Å². The molecule has 10 heteroatoms. The standard InChI is InChI=1S/C19H21ClN2O5S2/c1-28(24,25)17-7-3-4-8-18(17)29(26,27)21-16-13-14(20)9-10-15(16)19(23)22-11-5-2-6-12-22/h3-4,7-10,13,21H,2,5-6,11-12H2,1H3. The summed E-state index contributed by atoms with van der Waals surface area (Å²) in [6, 6.07) is 9.64. The molecule has 1 aliphatic heterocycles. The molecule has 0 spiro atoms. The van der Waals surface area contributed by atoms with Gasteiger partial charge in [-0.3, -0.25) is 9.52 Å². The van der Waals surface area contributed by atoms with Crippen molar-refractivity contribution in [2.24, 2.45) is 0 Å². The van der Waals surface area contributed by atoms with Crippen LogP contribution in [0.4, 0.5) is 5.69 Å². The minimum absolute atomic E-state index is 0.0105. The minimum atomic E-state index is -4.29. The monoisotopic (exact) mass is 456 g/mol. The van der Waals surface area contributed by atoms with E-state index in [0.717, 1.165) is 25.5 Å². The zero-order valence-corrected chi connectivity index (χ0v) is 18.1. The third kappa shape index (κ3) is 4.91. The molecule has 0 aliphatic carbocycles. The van der Waals surface area contributed by atoms with E-state index in [0.29, 0.717) is 13.1 Å². The van der Waals surface area contributed by atoms with E-state index in [-0.39, 0.29) is 32.0 Å². The van der Waals surface area contributed by atoms with Crippen LogP contribution in [0.3, 0.4) is 0 Å². The Hall–Kier alpha value is -2.10. The lowest BCUT2D eigenvalue weighted by Gasteiger charge is -2.27. The smallest absolute Gasteiger partial charge is 0.263 e. The lowest BCUT2D eigenvalue weighted by atomic mass is 10.1. The van der Waals surface area contributed by atoms with Gasteiger partial charge in [0, 0.05) is 24.4 Å². The first-order valence-electron chi connectivity index (χ1n) is 9.00. The molecule has 1 heterocycles. The molecule has 0 bridgehead atoms. The summed E-state index contributed by atoms with van der Waals surface area (Å²) in [7, 11) is -8.07. The first-order valence-corrected chi connectivity index (χ1v) is 12.8. The van der Waals surface area contributed by atoms with Gasteiger partial charge >= 0.3 is 0 Å². The summed E-state index contributed by atoms with van der Waals surface area (Å²) in [4.78, 5) is 13.9. The fraction of sp³-hybridized carbons (Fsp3) is 0.316. The molecule has 0 atom stereocenters. The fourth-order valence-corrected chi connectivity index (χ4v) is 6.11. The van der Waals surface area contributed by atoms with Crippen LogP contribution in [0.1, 0.15) is 29.6 Å². The van der Waals surface area contributed by atoms with E-state index in [2.05, 4.69) is 4.72 Å². The van der Waals surface area contributed by atoms with Crippen LogP contribution in [-0.2, 0) is 19.9 Å². The minimum Gasteiger partial charge on any atom is -0.339 e. The molecule has 1 aliphatic rings. The quantitative estimate of drug-likeness (QED) is 0.744. The molecular formula is C19H21ClN2O5S2. The number of carbonyl (C=O) groups excluding carboxylic acids is 1. The molecule has 0 radical (unpaired) electrons. The van der Waals surface area contributed by atoms with Crippen LogP contribution >= 0.6 is 11.6 Å². The number of halogens is 1. The Morgan fingerprint density at radius 3 is 2.21 bits per heavy atom. The number of sulfonamides is 1. The average Bonchev–Trinajstić information content (AvgIpc) is 2.67. The number of hydrogen-bond donors (Lipinski definition) is 1. The van der Waals surface area contributed by atoms with E-state index in [4.69, 9.17) is 11.6 Å². The number of nitrogens with zero attached hydrogens (tertiary/aromatic N) is 1. The topological polar surface area (TPSA) is 101 Å². The molecule has 1 amide bonds. The molecule has 0 aromatic heterocycles. The predicted octanol–water partition coefficient (Wildman–Crippen LogP) is 3.17. The van der Waals surface area contributed by atoms with Crippen molar-refractivity contribution in [2.45, 2.75) is 29.1 Å². The van der Waals surface area contributed by atoms with E-state index < -0.39 is 19.9 Å². The third-order valence-corrected chi connectivity index (χ3v) is 7.58. The van der Waals surface area contributed by atoms with Gasteiger partial charge in [0.15, 0.2) is 9.84 Å². The largest absolute Gasteiger partial charge is 0.339 e. The number of anilines is 1. The lowest BCUT2D eigenvalue weighted by Crippen LogP contribution is -2.36. The number of nitrogens with one attached hydrogen (secondary N) is 1. The molecule has 3 rings (SSSR count). The van der Waals surface area contributed by atoms with Crippen molar-refractivity contribution in [3.05, 3.63) is 53.1 Å². The van der Waals surface area contributed by atoms with Crippen LogP contribution in [0, 0.1) is 0 Å². The summed E-state index contributed by atoms with van der Waals surface area (Å²) >= 11 is 6.03. The molecule has 7 nitrogen and oxygen atoms in total. The Morgan fingerprint density at radius 2 is 1.59 bits per heavy atom. The normalized spacial score (nSPS) is 15.2. The van der Waals surface area contributed by atoms with Crippen LogP contribution in [0.5, 0.6) is 0 Å². The number of benzene rings is 2. The van der Waals surface area contributed by atoms with Crippen molar-refractivity contribution in [1.82, 2.24) is 4.90 Å². The highest BCUT2D eigenvalue weighted by atomic mass is 35.5. The zero-order valence-electron chi connectivity index (χ0n) is 15.8. The summed E-state index contributed by atoms with van der Waals surface area (Å²) in [5, 5.41) is 0.245. The molecule has 156 valence electrons. The van der Waals surface area contributed by atoms with Crippen LogP contribution < -0.4 is 4.72 Å². The second kappa shape index (κ2) is 8.33. The number of carbonyl (C=O) groups is 1. The average molecular weight is 457 g/mol. The van der Waals surface area contributed by atoms with E-state index in [1.807, 2.05) is 0 Å². The van der Waals surface area contributed by atoms with E-state index in [9.17, 15) is 21.6 Å². The van der Waals surface area contributed by atoms with Crippen LogP contribution in [0.2, 0.25) is 5.02 Å². The molecule has 2 aromatic rings. The summed E-state index contributed by atoms with van der Waals surface area (Å²) in [6.07, 6.45) is 3.77. The van der Waals surface area contributed by atoms with Crippen molar-refractivity contribution in [2.75, 3.05) is 24.1 Å². The highest BCUT2D eigenvalue weighted by molar-refractivity contribution is 7.95. The van der Waals surface area contributed by atoms with Gasteiger partial charge in [-0.15, -0.1) is 0 Å². The van der Waals surface area contributed by atoms with Crippen molar-refractivity contribution >= 4 is 43.1 Å². The molecule has 1 fully saturated rings. The maximum atomic E-state index is 13.0. The summed E-state index contributed by atoms with van der Waals surface area (Å²) in [6.45, 7) is 1.20. The molecule has 2 aromatic carbocycles. The summed E-state index contributed by atoms with van der Waals surface area (Å²) in [5.74, 6) is -0.296. The Bertz CT molecular complexity index is 1140. The second-order valence-corrected chi connectivity index (χ2v) is 10.9. The number of likely N-dealkylation sites (tertiary alicyclic amines) is 1. The highest BCUT2D eigenvalue weighted by Crippen LogP contribution is 2.28. The van der Waals surface area contributed by atoms with Gasteiger partial charge in [0.05, 0.1) is 16.1 Å². The fourth-order valence-electron chi connectivity index (χ4n) is 3.23. The highest BCUT2D eigenvalue weighted by Gasteiger charge is 2.27. The third-order valence-electron chi connectivity index (χ3n) is 4.64. The van der Waals surface area contributed by atoms with Gasteiger partial charge in [-0.1, -0.05) is 23.7 Å². The first kappa shape index (κ1) is 21.6. The van der Waals surface area contributed by atoms with Gasteiger partial charge < -0.3 is 4.90 Å². The Kier molecular flexibility index (Phi) is 6.21. The number of piperidine rings is 1. The van der Waals surface area contributed by atoms with Crippen molar-refractivity contribution in [3.63, 3.8) is 0 Å². The van der Waals surface area contributed by atoms with Crippen molar-refractivity contribution in [1.29, 1.82) is 0 Å². The van der Waals surface area contributed by atoms with Crippen LogP contribution in [0.25, 0.3) is 0 Å². The van der Waals surface area contributed by atoms with Gasteiger partial charge in [0.2, 0.25) is 0 Å². The summed E-state index contributed by atoms with van der Waals surface area (Å²) in [5.41, 5.74) is 0.174. The maximum absolute atomic E-state index is 13.0. The van der Waals surface area contributed by atoms with E-state index in [1.165, 1.54) is 42.5 Å². The molecule has 0 unspecified atom stereocenters. The van der Waals surface area contributed by atoms with Gasteiger partial charge in [-0.25, -0.2) is 16.8 Å².